The maximum absolute atomic E-state index is 12.8. The fourth-order valence-corrected chi connectivity index (χ4v) is 1.11. The van der Waals surface area contributed by atoms with Crippen LogP contribution < -0.4 is 0 Å². The second-order valence-electron chi connectivity index (χ2n) is 2.71. The zero-order valence-corrected chi connectivity index (χ0v) is 8.06. The van der Waals surface area contributed by atoms with Gasteiger partial charge in [-0.3, -0.25) is 0 Å². The molecule has 4 heteroatoms. The lowest BCUT2D eigenvalue weighted by molar-refractivity contribution is 0.426. The molecule has 0 spiro atoms. The molecule has 0 saturated carbocycles. The van der Waals surface area contributed by atoms with Crippen molar-refractivity contribution >= 4 is 17.7 Å². The second kappa shape index (κ2) is 4.96. The van der Waals surface area contributed by atoms with Crippen molar-refractivity contribution in [1.29, 1.82) is 0 Å². The van der Waals surface area contributed by atoms with E-state index in [1.54, 1.807) is 6.08 Å². The van der Waals surface area contributed by atoms with Crippen LogP contribution in [-0.4, -0.2) is 11.0 Å². The van der Waals surface area contributed by atoms with Crippen LogP contribution in [0.1, 0.15) is 12.0 Å². The number of benzene rings is 1. The van der Waals surface area contributed by atoms with Crippen molar-refractivity contribution in [3.05, 3.63) is 35.4 Å². The second-order valence-corrected chi connectivity index (χ2v) is 3.08. The zero-order chi connectivity index (χ0) is 10.6. The Labute approximate surface area is 85.6 Å². The largest absolute Gasteiger partial charge is 0.504 e. The summed E-state index contributed by atoms with van der Waals surface area (Å²) in [5.41, 5.74) is 0.118. The molecule has 0 unspecified atom stereocenters. The number of hydrogen-bond donors (Lipinski definition) is 1. The Hall–Kier alpha value is -1.09. The highest BCUT2D eigenvalue weighted by atomic mass is 35.5. The highest BCUT2D eigenvalue weighted by Crippen LogP contribution is 2.23. The van der Waals surface area contributed by atoms with Crippen LogP contribution in [0.15, 0.2) is 18.2 Å². The van der Waals surface area contributed by atoms with E-state index in [4.69, 9.17) is 11.6 Å². The average Bonchev–Trinajstić information content (AvgIpc) is 2.13. The van der Waals surface area contributed by atoms with Crippen molar-refractivity contribution < 1.29 is 13.9 Å². The lowest BCUT2D eigenvalue weighted by Crippen LogP contribution is -1.84. The lowest BCUT2D eigenvalue weighted by atomic mass is 10.1. The summed E-state index contributed by atoms with van der Waals surface area (Å²) in [6, 6.07) is 1.69. The number of hydrogen-bond acceptors (Lipinski definition) is 1. The first-order valence-corrected chi connectivity index (χ1v) is 4.59. The normalized spacial score (nSPS) is 11.1. The third-order valence-corrected chi connectivity index (χ3v) is 1.85. The maximum Gasteiger partial charge on any atom is 0.168 e. The van der Waals surface area contributed by atoms with Gasteiger partial charge >= 0.3 is 0 Å². The van der Waals surface area contributed by atoms with Crippen LogP contribution in [0.3, 0.4) is 0 Å². The number of halogens is 3. The molecule has 76 valence electrons. The molecule has 1 nitrogen and oxygen atoms in total. The van der Waals surface area contributed by atoms with Gasteiger partial charge in [-0.05, 0) is 12.5 Å². The van der Waals surface area contributed by atoms with Crippen LogP contribution in [0.2, 0.25) is 0 Å². The first kappa shape index (κ1) is 11.0. The van der Waals surface area contributed by atoms with E-state index in [0.717, 1.165) is 6.07 Å². The van der Waals surface area contributed by atoms with Crippen molar-refractivity contribution in [3.63, 3.8) is 0 Å². The maximum atomic E-state index is 12.8. The Morgan fingerprint density at radius 2 is 2.07 bits per heavy atom. The van der Waals surface area contributed by atoms with Crippen LogP contribution in [0.5, 0.6) is 5.75 Å². The van der Waals surface area contributed by atoms with Crippen LogP contribution >= 0.6 is 11.6 Å². The van der Waals surface area contributed by atoms with E-state index >= 15 is 0 Å². The topological polar surface area (TPSA) is 20.2 Å². The molecule has 0 fully saturated rings. The monoisotopic (exact) mass is 218 g/mol. The fraction of sp³-hybridized carbons (Fsp3) is 0.200. The summed E-state index contributed by atoms with van der Waals surface area (Å²) < 4.78 is 25.5. The zero-order valence-electron chi connectivity index (χ0n) is 7.30. The summed E-state index contributed by atoms with van der Waals surface area (Å²) in [5.74, 6) is -1.80. The summed E-state index contributed by atoms with van der Waals surface area (Å²) in [6.07, 6.45) is 3.66. The van der Waals surface area contributed by atoms with Gasteiger partial charge in [0.25, 0.3) is 0 Å². The molecule has 0 saturated heterocycles. The highest BCUT2D eigenvalue weighted by Gasteiger charge is 2.06. The third-order valence-electron chi connectivity index (χ3n) is 1.63. The van der Waals surface area contributed by atoms with Gasteiger partial charge in [-0.2, -0.15) is 0 Å². The minimum atomic E-state index is -0.962. The molecule has 0 aliphatic carbocycles. The molecule has 1 aromatic rings. The Kier molecular flexibility index (Phi) is 3.89. The van der Waals surface area contributed by atoms with Crippen molar-refractivity contribution in [3.8, 4) is 5.75 Å². The summed E-state index contributed by atoms with van der Waals surface area (Å²) in [6.45, 7) is 0. The molecule has 0 amide bonds. The molecular formula is C10H9ClF2O. The summed E-state index contributed by atoms with van der Waals surface area (Å²) in [7, 11) is 0. The summed E-state index contributed by atoms with van der Waals surface area (Å²) in [5, 5.41) is 9.20. The first-order valence-electron chi connectivity index (χ1n) is 4.05. The predicted octanol–water partition coefficient (Wildman–Crippen LogP) is 3.31. The van der Waals surface area contributed by atoms with Crippen molar-refractivity contribution in [2.24, 2.45) is 0 Å². The molecular weight excluding hydrogens is 210 g/mol. The number of phenols is 1. The minimum absolute atomic E-state index is 0.118. The molecule has 0 aliphatic rings. The first-order chi connectivity index (χ1) is 6.65. The van der Waals surface area contributed by atoms with Crippen LogP contribution in [0.4, 0.5) is 8.78 Å². The van der Waals surface area contributed by atoms with Crippen LogP contribution in [0, 0.1) is 11.6 Å². The molecule has 1 aromatic carbocycles. The van der Waals surface area contributed by atoms with E-state index in [1.807, 2.05) is 0 Å². The molecule has 0 aromatic heterocycles. The Bertz CT molecular complexity index is 350. The Morgan fingerprint density at radius 3 is 2.71 bits per heavy atom. The van der Waals surface area contributed by atoms with Gasteiger partial charge in [0.15, 0.2) is 11.6 Å². The van der Waals surface area contributed by atoms with Crippen molar-refractivity contribution in [1.82, 2.24) is 0 Å². The van der Waals surface area contributed by atoms with Crippen LogP contribution in [0.25, 0.3) is 6.08 Å². The van der Waals surface area contributed by atoms with Gasteiger partial charge in [0.05, 0.1) is 0 Å². The molecule has 0 aliphatic heterocycles. The number of rotatable bonds is 3. The minimum Gasteiger partial charge on any atom is -0.504 e. The molecule has 0 atom stereocenters. The van der Waals surface area contributed by atoms with Gasteiger partial charge < -0.3 is 5.11 Å². The molecule has 1 N–H and O–H groups in total. The van der Waals surface area contributed by atoms with Gasteiger partial charge in [0.1, 0.15) is 5.82 Å². The van der Waals surface area contributed by atoms with E-state index in [-0.39, 0.29) is 5.56 Å². The van der Waals surface area contributed by atoms with Crippen LogP contribution in [-0.2, 0) is 0 Å². The molecule has 0 radical (unpaired) electrons. The molecule has 0 heterocycles. The van der Waals surface area contributed by atoms with Gasteiger partial charge in [-0.25, -0.2) is 8.78 Å². The van der Waals surface area contributed by atoms with Crippen molar-refractivity contribution in [2.75, 3.05) is 5.88 Å². The number of phenolic OH excluding ortho intramolecular Hbond substituents is 1. The van der Waals surface area contributed by atoms with Gasteiger partial charge in [0.2, 0.25) is 0 Å². The lowest BCUT2D eigenvalue weighted by Gasteiger charge is -2.00. The summed E-state index contributed by atoms with van der Waals surface area (Å²) >= 11 is 5.41. The third kappa shape index (κ3) is 2.70. The summed E-state index contributed by atoms with van der Waals surface area (Å²) in [4.78, 5) is 0. The molecule has 0 bridgehead atoms. The molecule has 14 heavy (non-hydrogen) atoms. The smallest absolute Gasteiger partial charge is 0.168 e. The van der Waals surface area contributed by atoms with E-state index < -0.39 is 17.4 Å². The van der Waals surface area contributed by atoms with Gasteiger partial charge in [0, 0.05) is 17.5 Å². The fourth-order valence-electron chi connectivity index (χ4n) is 0.986. The van der Waals surface area contributed by atoms with E-state index in [9.17, 15) is 13.9 Å². The van der Waals surface area contributed by atoms with E-state index in [2.05, 4.69) is 0 Å². The number of alkyl halides is 1. The quantitative estimate of drug-likeness (QED) is 0.772. The average molecular weight is 219 g/mol. The Morgan fingerprint density at radius 1 is 1.36 bits per heavy atom. The standard InChI is InChI=1S/C10H9ClF2O/c11-4-2-1-3-7-5-8(12)6-9(13)10(7)14/h1,3,5-6,14H,2,4H2. The number of allylic oxidation sites excluding steroid dienone is 1. The van der Waals surface area contributed by atoms with Gasteiger partial charge in [-0.1, -0.05) is 12.2 Å². The number of aromatic hydroxyl groups is 1. The van der Waals surface area contributed by atoms with Gasteiger partial charge in [-0.15, -0.1) is 11.6 Å². The Balaban J connectivity index is 2.96. The SMILES string of the molecule is Oc1c(F)cc(F)cc1C=CCCCl. The van der Waals surface area contributed by atoms with Crippen molar-refractivity contribution in [2.45, 2.75) is 6.42 Å². The highest BCUT2D eigenvalue weighted by molar-refractivity contribution is 6.17. The van der Waals surface area contributed by atoms with E-state index in [1.165, 1.54) is 6.08 Å². The predicted molar refractivity (Wildman–Crippen MR) is 52.4 cm³/mol. The van der Waals surface area contributed by atoms with E-state index in [0.29, 0.717) is 18.4 Å². The molecule has 1 rings (SSSR count).